The fourth-order valence-corrected chi connectivity index (χ4v) is 6.47. The van der Waals surface area contributed by atoms with Gasteiger partial charge >= 0.3 is 7.82 Å². The zero-order chi connectivity index (χ0) is 42.8. The van der Waals surface area contributed by atoms with Crippen LogP contribution < -0.4 is 5.32 Å². The Balaban J connectivity index is 3.88. The van der Waals surface area contributed by atoms with E-state index in [0.29, 0.717) is 17.4 Å². The van der Waals surface area contributed by atoms with Crippen molar-refractivity contribution < 1.29 is 32.9 Å². The van der Waals surface area contributed by atoms with Crippen molar-refractivity contribution in [1.29, 1.82) is 0 Å². The first-order chi connectivity index (χ1) is 28.0. The molecule has 0 fully saturated rings. The smallest absolute Gasteiger partial charge is 0.387 e. The molecule has 9 heteroatoms. The molecular formula is C49H86N2O6P+. The Kier molecular flexibility index (Phi) is 38.1. The molecule has 0 saturated carbocycles. The summed E-state index contributed by atoms with van der Waals surface area (Å²) in [7, 11) is 1.55. The van der Waals surface area contributed by atoms with Crippen LogP contribution in [0.1, 0.15) is 155 Å². The van der Waals surface area contributed by atoms with Gasteiger partial charge < -0.3 is 19.8 Å². The van der Waals surface area contributed by atoms with Crippen molar-refractivity contribution in [3.8, 4) is 0 Å². The predicted octanol–water partition coefficient (Wildman–Crippen LogP) is 12.7. The van der Waals surface area contributed by atoms with Gasteiger partial charge in [-0.25, -0.2) is 4.57 Å². The van der Waals surface area contributed by atoms with Crippen molar-refractivity contribution in [3.05, 3.63) is 97.2 Å². The first kappa shape index (κ1) is 55.4. The number of unbranched alkanes of at least 4 members (excludes halogenated alkanes) is 12. The van der Waals surface area contributed by atoms with Crippen LogP contribution in [0.3, 0.4) is 0 Å². The summed E-state index contributed by atoms with van der Waals surface area (Å²) in [5.74, 6) is -0.198. The first-order valence-electron chi connectivity index (χ1n) is 22.6. The maximum absolute atomic E-state index is 12.7. The maximum Gasteiger partial charge on any atom is 0.472 e. The molecular weight excluding hydrogens is 744 g/mol. The van der Waals surface area contributed by atoms with Gasteiger partial charge in [-0.1, -0.05) is 175 Å². The fraction of sp³-hybridized carbons (Fsp3) is 0.653. The van der Waals surface area contributed by atoms with E-state index in [-0.39, 0.29) is 19.1 Å². The van der Waals surface area contributed by atoms with Crippen LogP contribution >= 0.6 is 7.82 Å². The number of hydrogen-bond acceptors (Lipinski definition) is 5. The van der Waals surface area contributed by atoms with Crippen molar-refractivity contribution >= 4 is 13.7 Å². The Morgan fingerprint density at radius 2 is 1.03 bits per heavy atom. The SMILES string of the molecule is CC/C=C\C/C=C\C/C=C\C/C=C\C/C=C\C/C=C\C/C=C\CCCCCCCCCCCCCC(=O)NC(COP(=O)(O)OCC[N+](C)(C)C)C(O)/C=C/CCC. The zero-order valence-corrected chi connectivity index (χ0v) is 38.4. The number of phosphoric ester groups is 1. The lowest BCUT2D eigenvalue weighted by molar-refractivity contribution is -0.870. The number of carbonyl (C=O) groups excluding carboxylic acids is 1. The lowest BCUT2D eigenvalue weighted by Crippen LogP contribution is -2.45. The number of aliphatic hydroxyl groups is 1. The van der Waals surface area contributed by atoms with Gasteiger partial charge in [0.25, 0.3) is 0 Å². The normalized spacial score (nSPS) is 15.2. The molecule has 0 aliphatic rings. The summed E-state index contributed by atoms with van der Waals surface area (Å²) in [6.45, 7) is 4.45. The summed E-state index contributed by atoms with van der Waals surface area (Å²) in [5, 5.41) is 13.5. The van der Waals surface area contributed by atoms with Crippen LogP contribution in [0.4, 0.5) is 0 Å². The Morgan fingerprint density at radius 1 is 0.603 bits per heavy atom. The molecule has 1 amide bonds. The van der Waals surface area contributed by atoms with Crippen LogP contribution in [-0.4, -0.2) is 73.4 Å². The number of aliphatic hydroxyl groups excluding tert-OH is 1. The molecule has 3 unspecified atom stereocenters. The minimum Gasteiger partial charge on any atom is -0.387 e. The van der Waals surface area contributed by atoms with Crippen LogP contribution in [0.25, 0.3) is 0 Å². The lowest BCUT2D eigenvalue weighted by Gasteiger charge is -2.25. The van der Waals surface area contributed by atoms with Crippen molar-refractivity contribution in [1.82, 2.24) is 5.32 Å². The first-order valence-corrected chi connectivity index (χ1v) is 24.1. The van der Waals surface area contributed by atoms with E-state index in [0.717, 1.165) is 77.0 Å². The monoisotopic (exact) mass is 830 g/mol. The van der Waals surface area contributed by atoms with Crippen LogP contribution in [0.5, 0.6) is 0 Å². The molecule has 0 aliphatic carbocycles. The number of quaternary nitrogens is 1. The second-order valence-electron chi connectivity index (χ2n) is 16.0. The molecule has 3 N–H and O–H groups in total. The number of allylic oxidation sites excluding steroid dienone is 15. The summed E-state index contributed by atoms with van der Waals surface area (Å²) in [4.78, 5) is 22.8. The molecule has 8 nitrogen and oxygen atoms in total. The van der Waals surface area contributed by atoms with Gasteiger partial charge in [-0.05, 0) is 70.6 Å². The van der Waals surface area contributed by atoms with Gasteiger partial charge in [-0.15, -0.1) is 0 Å². The lowest BCUT2D eigenvalue weighted by atomic mass is 10.0. The average molecular weight is 830 g/mol. The summed E-state index contributed by atoms with van der Waals surface area (Å²) in [6, 6.07) is -0.849. The average Bonchev–Trinajstić information content (AvgIpc) is 3.17. The summed E-state index contributed by atoms with van der Waals surface area (Å²) in [6.07, 6.45) is 57.2. The Hall–Kier alpha value is -2.58. The van der Waals surface area contributed by atoms with Crippen molar-refractivity contribution in [2.75, 3.05) is 40.9 Å². The van der Waals surface area contributed by atoms with Gasteiger partial charge in [-0.2, -0.15) is 0 Å². The fourth-order valence-electron chi connectivity index (χ4n) is 5.73. The highest BCUT2D eigenvalue weighted by atomic mass is 31.2. The van der Waals surface area contributed by atoms with Gasteiger partial charge in [0.15, 0.2) is 0 Å². The van der Waals surface area contributed by atoms with Gasteiger partial charge in [0, 0.05) is 6.42 Å². The highest BCUT2D eigenvalue weighted by Crippen LogP contribution is 2.43. The Morgan fingerprint density at radius 3 is 1.48 bits per heavy atom. The van der Waals surface area contributed by atoms with E-state index in [1.54, 1.807) is 6.08 Å². The molecule has 58 heavy (non-hydrogen) atoms. The summed E-state index contributed by atoms with van der Waals surface area (Å²) in [5.41, 5.74) is 0. The van der Waals surface area contributed by atoms with Crippen molar-refractivity contribution in [2.24, 2.45) is 0 Å². The largest absolute Gasteiger partial charge is 0.472 e. The third-order valence-corrected chi connectivity index (χ3v) is 10.3. The molecule has 0 aromatic heterocycles. The van der Waals surface area contributed by atoms with Gasteiger partial charge in [-0.3, -0.25) is 13.8 Å². The second-order valence-corrected chi connectivity index (χ2v) is 17.5. The molecule has 3 atom stereocenters. The molecule has 0 aliphatic heterocycles. The van der Waals surface area contributed by atoms with E-state index in [1.165, 1.54) is 57.8 Å². The number of hydrogen-bond donors (Lipinski definition) is 3. The van der Waals surface area contributed by atoms with Crippen LogP contribution in [0.2, 0.25) is 0 Å². The van der Waals surface area contributed by atoms with Crippen LogP contribution in [0.15, 0.2) is 97.2 Å². The Bertz CT molecular complexity index is 1260. The second kappa shape index (κ2) is 39.9. The molecule has 0 spiro atoms. The number of carbonyl (C=O) groups is 1. The Labute approximate surface area is 356 Å². The highest BCUT2D eigenvalue weighted by molar-refractivity contribution is 7.47. The van der Waals surface area contributed by atoms with Crippen molar-refractivity contribution in [3.63, 3.8) is 0 Å². The molecule has 0 saturated heterocycles. The maximum atomic E-state index is 12.7. The summed E-state index contributed by atoms with van der Waals surface area (Å²) >= 11 is 0. The quantitative estimate of drug-likeness (QED) is 0.0247. The molecule has 0 heterocycles. The van der Waals surface area contributed by atoms with Crippen molar-refractivity contribution in [2.45, 2.75) is 167 Å². The van der Waals surface area contributed by atoms with Crippen LogP contribution in [0, 0.1) is 0 Å². The number of rotatable bonds is 39. The molecule has 332 valence electrons. The minimum absolute atomic E-state index is 0.0546. The number of nitrogens with one attached hydrogen (secondary N) is 1. The third-order valence-electron chi connectivity index (χ3n) is 9.29. The van der Waals surface area contributed by atoms with E-state index >= 15 is 0 Å². The van der Waals surface area contributed by atoms with Gasteiger partial charge in [0.2, 0.25) is 5.91 Å². The topological polar surface area (TPSA) is 105 Å². The van der Waals surface area contributed by atoms with E-state index in [4.69, 9.17) is 9.05 Å². The summed E-state index contributed by atoms with van der Waals surface area (Å²) < 4.78 is 23.2. The molecule has 0 aromatic carbocycles. The zero-order valence-electron chi connectivity index (χ0n) is 37.5. The predicted molar refractivity (Wildman–Crippen MR) is 249 cm³/mol. The highest BCUT2D eigenvalue weighted by Gasteiger charge is 2.27. The van der Waals surface area contributed by atoms with Gasteiger partial charge in [0.05, 0.1) is 39.9 Å². The van der Waals surface area contributed by atoms with E-state index < -0.39 is 20.0 Å². The molecule has 0 radical (unpaired) electrons. The van der Waals surface area contributed by atoms with E-state index in [1.807, 2.05) is 34.1 Å². The van der Waals surface area contributed by atoms with E-state index in [2.05, 4.69) is 97.3 Å². The van der Waals surface area contributed by atoms with Crippen LogP contribution in [-0.2, 0) is 18.4 Å². The van der Waals surface area contributed by atoms with Gasteiger partial charge in [0.1, 0.15) is 13.2 Å². The number of likely N-dealkylation sites (N-methyl/N-ethyl adjacent to an activating group) is 1. The standard InChI is InChI=1S/C49H85N2O6P/c1-6-8-10-11-12-13-14-15-16-17-18-19-20-21-22-23-24-25-26-27-28-29-30-31-32-33-34-35-36-37-38-39-41-43-49(53)50-47(48(52)42-40-9-7-2)46-57-58(54,55)56-45-44-51(3,4)5/h8,10,12-13,15-16,18-19,21-22,24-25,27-28,40,42,47-48,52H,6-7,9,11,14,17,20,23,26,29-39,41,43-46H2,1-5H3,(H-,50,53,54,55)/p+1/b10-8-,13-12-,16-15-,19-18-,22-21-,25-24-,28-27-,42-40+. The van der Waals surface area contributed by atoms with E-state index in [9.17, 15) is 19.4 Å². The number of phosphoric acid groups is 1. The molecule has 0 bridgehead atoms. The number of nitrogens with zero attached hydrogens (tertiary/aromatic N) is 1. The third kappa shape index (κ3) is 41.6. The molecule has 0 rings (SSSR count). The molecule has 0 aromatic rings. The minimum atomic E-state index is -4.32. The number of amides is 1.